The van der Waals surface area contributed by atoms with Crippen molar-refractivity contribution >= 4 is 17.4 Å². The van der Waals surface area contributed by atoms with E-state index in [-0.39, 0.29) is 16.7 Å². The van der Waals surface area contributed by atoms with Crippen LogP contribution in [0.25, 0.3) is 5.76 Å². The summed E-state index contributed by atoms with van der Waals surface area (Å²) < 4.78 is 5.79. The number of Topliss-reactive ketones (excluding diaryl/α,β-unsaturated/α-hetero) is 1. The van der Waals surface area contributed by atoms with Gasteiger partial charge in [-0.2, -0.15) is 0 Å². The van der Waals surface area contributed by atoms with Crippen molar-refractivity contribution in [3.05, 3.63) is 70.3 Å². The summed E-state index contributed by atoms with van der Waals surface area (Å²) in [4.78, 5) is 27.5. The van der Waals surface area contributed by atoms with Gasteiger partial charge in [-0.1, -0.05) is 57.5 Å². The summed E-state index contributed by atoms with van der Waals surface area (Å²) in [6.07, 6.45) is 0.715. The van der Waals surface area contributed by atoms with Crippen molar-refractivity contribution in [2.45, 2.75) is 59.4 Å². The lowest BCUT2D eigenvalue weighted by molar-refractivity contribution is -0.139. The lowest BCUT2D eigenvalue weighted by atomic mass is 9.84. The average molecular weight is 436 g/mol. The number of carbonyl (C=O) groups is 2. The number of ether oxygens (including phenoxy) is 1. The minimum absolute atomic E-state index is 0.137. The van der Waals surface area contributed by atoms with Gasteiger partial charge < -0.3 is 14.7 Å². The molecular weight excluding hydrogens is 402 g/mol. The topological polar surface area (TPSA) is 66.8 Å². The first-order chi connectivity index (χ1) is 15.1. The molecule has 170 valence electrons. The van der Waals surface area contributed by atoms with Crippen molar-refractivity contribution in [1.82, 2.24) is 4.90 Å². The van der Waals surface area contributed by atoms with Gasteiger partial charge in [0.25, 0.3) is 11.7 Å². The van der Waals surface area contributed by atoms with E-state index < -0.39 is 17.7 Å². The molecule has 0 aliphatic carbocycles. The quantitative estimate of drug-likeness (QED) is 0.368. The molecule has 5 nitrogen and oxygen atoms in total. The minimum atomic E-state index is -0.645. The molecule has 1 N–H and O–H groups in total. The van der Waals surface area contributed by atoms with Crippen molar-refractivity contribution in [3.8, 4) is 5.75 Å². The van der Waals surface area contributed by atoms with Crippen molar-refractivity contribution in [2.75, 3.05) is 13.2 Å². The number of carbonyl (C=O) groups excluding carboxylic acids is 2. The summed E-state index contributed by atoms with van der Waals surface area (Å²) >= 11 is 0. The second-order valence-electron chi connectivity index (χ2n) is 9.30. The number of nitrogens with zero attached hydrogens (tertiary/aromatic N) is 1. The molecule has 0 bridgehead atoms. The summed E-state index contributed by atoms with van der Waals surface area (Å²) in [5.74, 6) is -0.615. The summed E-state index contributed by atoms with van der Waals surface area (Å²) in [5.41, 5.74) is 3.19. The van der Waals surface area contributed by atoms with E-state index in [4.69, 9.17) is 4.74 Å². The Morgan fingerprint density at radius 1 is 1.09 bits per heavy atom. The first-order valence-electron chi connectivity index (χ1n) is 11.2. The molecule has 1 heterocycles. The van der Waals surface area contributed by atoms with Crippen LogP contribution in [-0.4, -0.2) is 34.8 Å². The number of aliphatic hydroxyl groups is 1. The van der Waals surface area contributed by atoms with Gasteiger partial charge in [-0.15, -0.1) is 0 Å². The van der Waals surface area contributed by atoms with Gasteiger partial charge in [0.05, 0.1) is 18.2 Å². The van der Waals surface area contributed by atoms with Crippen LogP contribution in [0, 0.1) is 6.92 Å². The van der Waals surface area contributed by atoms with Gasteiger partial charge in [-0.05, 0) is 49.4 Å². The van der Waals surface area contributed by atoms with Gasteiger partial charge in [0.2, 0.25) is 0 Å². The van der Waals surface area contributed by atoms with Crippen LogP contribution < -0.4 is 4.74 Å². The molecule has 5 heteroatoms. The van der Waals surface area contributed by atoms with Crippen LogP contribution in [0.3, 0.4) is 0 Å². The Bertz CT molecular complexity index is 1060. The molecule has 0 saturated carbocycles. The van der Waals surface area contributed by atoms with E-state index in [1.807, 2.05) is 57.2 Å². The summed E-state index contributed by atoms with van der Waals surface area (Å²) in [7, 11) is 0. The summed E-state index contributed by atoms with van der Waals surface area (Å²) in [6.45, 7) is 13.1. The van der Waals surface area contributed by atoms with Gasteiger partial charge in [0.1, 0.15) is 11.5 Å². The van der Waals surface area contributed by atoms with Crippen LogP contribution in [0.1, 0.15) is 69.3 Å². The molecule has 1 amide bonds. The van der Waals surface area contributed by atoms with Crippen LogP contribution in [0.15, 0.2) is 48.0 Å². The number of ketones is 1. The number of rotatable bonds is 6. The molecular formula is C27H33NO4. The van der Waals surface area contributed by atoms with E-state index in [1.54, 1.807) is 11.0 Å². The van der Waals surface area contributed by atoms with Crippen LogP contribution in [-0.2, 0) is 15.0 Å². The Kier molecular flexibility index (Phi) is 6.77. The summed E-state index contributed by atoms with van der Waals surface area (Å²) in [6, 6.07) is 12.6. The molecule has 1 atom stereocenters. The first-order valence-corrected chi connectivity index (χ1v) is 11.2. The van der Waals surface area contributed by atoms with E-state index in [0.29, 0.717) is 25.1 Å². The minimum Gasteiger partial charge on any atom is -0.507 e. The first kappa shape index (κ1) is 23.6. The highest BCUT2D eigenvalue weighted by molar-refractivity contribution is 6.46. The zero-order chi connectivity index (χ0) is 23.6. The Balaban J connectivity index is 2.22. The lowest BCUT2D eigenvalue weighted by Crippen LogP contribution is -2.30. The number of aliphatic hydroxyl groups excluding tert-OH is 1. The highest BCUT2D eigenvalue weighted by atomic mass is 16.5. The molecule has 0 radical (unpaired) electrons. The van der Waals surface area contributed by atoms with Crippen molar-refractivity contribution in [3.63, 3.8) is 0 Å². The van der Waals surface area contributed by atoms with E-state index in [0.717, 1.165) is 22.4 Å². The Labute approximate surface area is 190 Å². The molecule has 0 spiro atoms. The van der Waals surface area contributed by atoms with Crippen molar-refractivity contribution in [1.29, 1.82) is 0 Å². The number of hydrogen-bond acceptors (Lipinski definition) is 4. The molecule has 1 unspecified atom stereocenters. The van der Waals surface area contributed by atoms with Crippen LogP contribution in [0.2, 0.25) is 0 Å². The van der Waals surface area contributed by atoms with Crippen LogP contribution in [0.4, 0.5) is 0 Å². The maximum Gasteiger partial charge on any atom is 0.295 e. The summed E-state index contributed by atoms with van der Waals surface area (Å²) in [5, 5.41) is 11.3. The van der Waals surface area contributed by atoms with Crippen LogP contribution in [0.5, 0.6) is 5.75 Å². The SMILES string of the molecule is CCCN1C(=O)C(=O)/C(=C(\O)c2ccc(OCC)c(C(C)(C)C)c2)C1c1cccc(C)c1. The third kappa shape index (κ3) is 4.43. The Morgan fingerprint density at radius 3 is 2.41 bits per heavy atom. The number of hydrogen-bond donors (Lipinski definition) is 1. The molecule has 3 rings (SSSR count). The van der Waals surface area contributed by atoms with Gasteiger partial charge in [0.15, 0.2) is 0 Å². The van der Waals surface area contributed by atoms with Gasteiger partial charge in [-0.25, -0.2) is 0 Å². The molecule has 32 heavy (non-hydrogen) atoms. The van der Waals surface area contributed by atoms with E-state index in [9.17, 15) is 14.7 Å². The molecule has 2 aromatic rings. The molecule has 1 saturated heterocycles. The van der Waals surface area contributed by atoms with Gasteiger partial charge in [0, 0.05) is 17.7 Å². The number of likely N-dealkylation sites (tertiary alicyclic amines) is 1. The fourth-order valence-electron chi connectivity index (χ4n) is 4.24. The predicted molar refractivity (Wildman–Crippen MR) is 127 cm³/mol. The molecule has 1 fully saturated rings. The average Bonchev–Trinajstić information content (AvgIpc) is 2.98. The third-order valence-electron chi connectivity index (χ3n) is 5.72. The number of aryl methyl sites for hydroxylation is 1. The zero-order valence-corrected chi connectivity index (χ0v) is 19.9. The fourth-order valence-corrected chi connectivity index (χ4v) is 4.24. The van der Waals surface area contributed by atoms with E-state index in [2.05, 4.69) is 20.8 Å². The second kappa shape index (κ2) is 9.19. The smallest absolute Gasteiger partial charge is 0.295 e. The van der Waals surface area contributed by atoms with Crippen molar-refractivity contribution < 1.29 is 19.4 Å². The largest absolute Gasteiger partial charge is 0.507 e. The molecule has 1 aliphatic heterocycles. The highest BCUT2D eigenvalue weighted by Gasteiger charge is 2.45. The molecule has 1 aliphatic rings. The maximum absolute atomic E-state index is 13.1. The Hall–Kier alpha value is -3.08. The van der Waals surface area contributed by atoms with Gasteiger partial charge >= 0.3 is 0 Å². The molecule has 0 aromatic heterocycles. The predicted octanol–water partition coefficient (Wildman–Crippen LogP) is 5.52. The monoisotopic (exact) mass is 435 g/mol. The fraction of sp³-hybridized carbons (Fsp3) is 0.407. The van der Waals surface area contributed by atoms with E-state index in [1.165, 1.54) is 0 Å². The lowest BCUT2D eigenvalue weighted by Gasteiger charge is -2.26. The Morgan fingerprint density at radius 2 is 1.81 bits per heavy atom. The maximum atomic E-state index is 13.1. The normalized spacial score (nSPS) is 18.3. The standard InChI is InChI=1S/C27H33NO4/c1-7-14-28-23(18-11-9-10-17(3)15-18)22(25(30)26(28)31)24(29)19-12-13-21(32-8-2)20(16-19)27(4,5)6/h9-13,15-16,23,29H,7-8,14H2,1-6H3/b24-22-. The molecule has 2 aromatic carbocycles. The number of amides is 1. The van der Waals surface area contributed by atoms with Crippen molar-refractivity contribution in [2.24, 2.45) is 0 Å². The van der Waals surface area contributed by atoms with E-state index >= 15 is 0 Å². The van der Waals surface area contributed by atoms with Crippen LogP contribution >= 0.6 is 0 Å². The second-order valence-corrected chi connectivity index (χ2v) is 9.30. The highest BCUT2D eigenvalue weighted by Crippen LogP contribution is 2.41. The number of benzene rings is 2. The van der Waals surface area contributed by atoms with Gasteiger partial charge in [-0.3, -0.25) is 9.59 Å². The third-order valence-corrected chi connectivity index (χ3v) is 5.72. The zero-order valence-electron chi connectivity index (χ0n) is 19.9.